The smallest absolute Gasteiger partial charge is 0.0378 e. The second-order valence-corrected chi connectivity index (χ2v) is 9.41. The Morgan fingerprint density at radius 2 is 1.15 bits per heavy atom. The second kappa shape index (κ2) is 18.9. The summed E-state index contributed by atoms with van der Waals surface area (Å²) in [5.41, 5.74) is 4.49. The average molecular weight is 475 g/mol. The fourth-order valence-corrected chi connectivity index (χ4v) is 5.66. The second-order valence-electron chi connectivity index (χ2n) is 7.19. The summed E-state index contributed by atoms with van der Waals surface area (Å²) >= 11 is 0. The normalized spacial score (nSPS) is 11.5. The van der Waals surface area contributed by atoms with Crippen LogP contribution in [0.2, 0.25) is 0 Å². The molecule has 0 unspecified atom stereocenters. The molecule has 0 saturated heterocycles. The number of rotatable bonds is 6. The summed E-state index contributed by atoms with van der Waals surface area (Å²) in [5, 5.41) is 6.26. The number of allylic oxidation sites excluding steroid dienone is 4. The predicted molar refractivity (Wildman–Crippen MR) is 156 cm³/mol. The molecule has 0 fully saturated rings. The Kier molecular flexibility index (Phi) is 16.4. The van der Waals surface area contributed by atoms with Crippen molar-refractivity contribution in [1.82, 2.24) is 10.4 Å². The minimum Gasteiger partial charge on any atom is -0.258 e. The van der Waals surface area contributed by atoms with Gasteiger partial charge in [-0.2, -0.15) is 0 Å². The maximum absolute atomic E-state index is 3.16. The summed E-state index contributed by atoms with van der Waals surface area (Å²) in [6.07, 6.45) is 11.0. The van der Waals surface area contributed by atoms with Gasteiger partial charge in [-0.25, -0.2) is 5.01 Å². The highest BCUT2D eigenvalue weighted by Gasteiger charge is 2.16. The molecule has 0 saturated carbocycles. The lowest BCUT2D eigenvalue weighted by Gasteiger charge is -2.21. The number of hydrogen-bond acceptors (Lipinski definition) is 2. The van der Waals surface area contributed by atoms with E-state index in [0.717, 1.165) is 6.54 Å². The molecule has 34 heavy (non-hydrogen) atoms. The van der Waals surface area contributed by atoms with E-state index in [4.69, 9.17) is 0 Å². The highest BCUT2D eigenvalue weighted by molar-refractivity contribution is 7.79. The standard InChI is InChI=1S/C21H23N2P.C6H8.2C2H6/c1-22-23(2)17-18-10-9-15-21(16-18)24(19-11-5-3-6-12-19)20-13-7-4-8-14-20;1-2-4-6-5-3-1;2*1-2/h3-16,22H,17H2,1-2H3;1-4H,5-6H2;2*1-2H3. The minimum atomic E-state index is -0.530. The Morgan fingerprint density at radius 1 is 0.676 bits per heavy atom. The van der Waals surface area contributed by atoms with Gasteiger partial charge in [-0.15, -0.1) is 0 Å². The number of nitrogens with one attached hydrogen (secondary N) is 1. The van der Waals surface area contributed by atoms with Gasteiger partial charge < -0.3 is 0 Å². The summed E-state index contributed by atoms with van der Waals surface area (Å²) in [6.45, 7) is 8.89. The van der Waals surface area contributed by atoms with Crippen molar-refractivity contribution in [2.45, 2.75) is 47.1 Å². The van der Waals surface area contributed by atoms with Crippen LogP contribution in [-0.2, 0) is 6.54 Å². The molecule has 2 nitrogen and oxygen atoms in total. The van der Waals surface area contributed by atoms with Gasteiger partial charge in [0.2, 0.25) is 0 Å². The first kappa shape index (κ1) is 29.5. The van der Waals surface area contributed by atoms with Crippen LogP contribution in [0.4, 0.5) is 0 Å². The van der Waals surface area contributed by atoms with Crippen molar-refractivity contribution in [3.63, 3.8) is 0 Å². The van der Waals surface area contributed by atoms with E-state index < -0.39 is 7.92 Å². The van der Waals surface area contributed by atoms with Gasteiger partial charge in [0.05, 0.1) is 0 Å². The molecule has 3 aromatic rings. The number of hydrazine groups is 1. The van der Waals surface area contributed by atoms with Crippen LogP contribution in [0.5, 0.6) is 0 Å². The van der Waals surface area contributed by atoms with Crippen LogP contribution in [0.15, 0.2) is 109 Å². The third-order valence-electron chi connectivity index (χ3n) is 4.88. The quantitative estimate of drug-likeness (QED) is 0.307. The largest absolute Gasteiger partial charge is 0.258 e. The number of nitrogens with zero attached hydrogens (tertiary/aromatic N) is 1. The number of benzene rings is 3. The number of hydrogen-bond donors (Lipinski definition) is 1. The van der Waals surface area contributed by atoms with E-state index in [0.29, 0.717) is 0 Å². The fraction of sp³-hybridized carbons (Fsp3) is 0.290. The van der Waals surface area contributed by atoms with Crippen LogP contribution < -0.4 is 21.3 Å². The third kappa shape index (κ3) is 10.6. The summed E-state index contributed by atoms with van der Waals surface area (Å²) in [4.78, 5) is 0. The zero-order valence-electron chi connectivity index (χ0n) is 21.9. The van der Waals surface area contributed by atoms with Gasteiger partial charge in [-0.3, -0.25) is 5.43 Å². The van der Waals surface area contributed by atoms with Gasteiger partial charge in [0.15, 0.2) is 0 Å². The Balaban J connectivity index is 0.000000489. The van der Waals surface area contributed by atoms with Crippen molar-refractivity contribution >= 4 is 23.8 Å². The maximum atomic E-state index is 3.16. The minimum absolute atomic E-state index is 0.530. The van der Waals surface area contributed by atoms with Crippen molar-refractivity contribution in [2.75, 3.05) is 14.1 Å². The van der Waals surface area contributed by atoms with E-state index in [2.05, 4.69) is 127 Å². The molecule has 1 aliphatic carbocycles. The lowest BCUT2D eigenvalue weighted by molar-refractivity contribution is 0.252. The maximum Gasteiger partial charge on any atom is 0.0378 e. The highest BCUT2D eigenvalue weighted by atomic mass is 31.1. The Hall–Kier alpha value is -2.51. The Morgan fingerprint density at radius 3 is 1.56 bits per heavy atom. The highest BCUT2D eigenvalue weighted by Crippen LogP contribution is 2.32. The summed E-state index contributed by atoms with van der Waals surface area (Å²) in [7, 11) is 3.48. The molecule has 1 aliphatic rings. The molecule has 0 bridgehead atoms. The van der Waals surface area contributed by atoms with Gasteiger partial charge >= 0.3 is 0 Å². The molecule has 182 valence electrons. The molecule has 0 amide bonds. The Bertz CT molecular complexity index is 884. The molecule has 4 rings (SSSR count). The first-order valence-electron chi connectivity index (χ1n) is 12.5. The van der Waals surface area contributed by atoms with Crippen molar-refractivity contribution in [1.29, 1.82) is 0 Å². The van der Waals surface area contributed by atoms with Crippen LogP contribution in [-0.4, -0.2) is 19.1 Å². The van der Waals surface area contributed by atoms with Gasteiger partial charge in [0.1, 0.15) is 0 Å². The molecule has 0 aromatic heterocycles. The van der Waals surface area contributed by atoms with Crippen LogP contribution in [0.1, 0.15) is 46.1 Å². The average Bonchev–Trinajstić information content (AvgIpc) is 2.94. The third-order valence-corrected chi connectivity index (χ3v) is 7.31. The predicted octanol–water partition coefficient (Wildman–Crippen LogP) is 6.96. The van der Waals surface area contributed by atoms with Gasteiger partial charge in [-0.05, 0) is 55.4 Å². The van der Waals surface area contributed by atoms with E-state index in [1.807, 2.05) is 34.7 Å². The molecular formula is C31H43N2P. The first-order chi connectivity index (χ1) is 16.8. The van der Waals surface area contributed by atoms with Gasteiger partial charge in [-0.1, -0.05) is 131 Å². The van der Waals surface area contributed by atoms with E-state index >= 15 is 0 Å². The van der Waals surface area contributed by atoms with Crippen molar-refractivity contribution in [3.05, 3.63) is 115 Å². The molecule has 0 spiro atoms. The van der Waals surface area contributed by atoms with Crippen LogP contribution >= 0.6 is 7.92 Å². The molecule has 1 N–H and O–H groups in total. The Labute approximate surface area is 210 Å². The summed E-state index contributed by atoms with van der Waals surface area (Å²) in [5.74, 6) is 0. The van der Waals surface area contributed by atoms with E-state index in [1.165, 1.54) is 34.3 Å². The molecule has 0 radical (unpaired) electrons. The topological polar surface area (TPSA) is 15.3 Å². The molecule has 3 heteroatoms. The molecule has 0 atom stereocenters. The van der Waals surface area contributed by atoms with Crippen molar-refractivity contribution < 1.29 is 0 Å². The van der Waals surface area contributed by atoms with Crippen LogP contribution in [0.3, 0.4) is 0 Å². The lowest BCUT2D eigenvalue weighted by Crippen LogP contribution is -2.30. The molecule has 0 heterocycles. The van der Waals surface area contributed by atoms with Crippen LogP contribution in [0, 0.1) is 0 Å². The monoisotopic (exact) mass is 474 g/mol. The van der Waals surface area contributed by atoms with Crippen LogP contribution in [0.25, 0.3) is 0 Å². The first-order valence-corrected chi connectivity index (χ1v) is 13.8. The van der Waals surface area contributed by atoms with E-state index in [1.54, 1.807) is 0 Å². The SMILES string of the molecule is C1=CCCC=C1.CC.CC.CNN(C)Cc1cccc(P(c2ccccc2)c2ccccc2)c1. The van der Waals surface area contributed by atoms with E-state index in [9.17, 15) is 0 Å². The summed E-state index contributed by atoms with van der Waals surface area (Å²) in [6, 6.07) is 30.6. The molecule has 3 aromatic carbocycles. The lowest BCUT2D eigenvalue weighted by atomic mass is 10.2. The zero-order valence-corrected chi connectivity index (χ0v) is 22.8. The van der Waals surface area contributed by atoms with Gasteiger partial charge in [0.25, 0.3) is 0 Å². The summed E-state index contributed by atoms with van der Waals surface area (Å²) < 4.78 is 0. The van der Waals surface area contributed by atoms with Crippen molar-refractivity contribution in [3.8, 4) is 0 Å². The zero-order chi connectivity index (χ0) is 25.0. The van der Waals surface area contributed by atoms with Gasteiger partial charge in [0, 0.05) is 13.6 Å². The van der Waals surface area contributed by atoms with E-state index in [-0.39, 0.29) is 0 Å². The molecule has 0 aliphatic heterocycles. The van der Waals surface area contributed by atoms with Crippen molar-refractivity contribution in [2.24, 2.45) is 0 Å². The fourth-order valence-electron chi connectivity index (χ4n) is 3.29. The molecular weight excluding hydrogens is 431 g/mol.